The Hall–Kier alpha value is -5.84. The lowest BCUT2D eigenvalue weighted by atomic mass is 9.78. The first-order chi connectivity index (χ1) is 30.8. The molecule has 0 aliphatic carbocycles. The molecule has 8 nitrogen and oxygen atoms in total. The second-order valence-electron chi connectivity index (χ2n) is 15.9. The van der Waals surface area contributed by atoms with Gasteiger partial charge in [0.1, 0.15) is 0 Å². The Kier molecular flexibility index (Phi) is 16.1. The van der Waals surface area contributed by atoms with Crippen molar-refractivity contribution in [3.05, 3.63) is 191 Å². The molecular formula is C53H54O8S2. The smallest absolute Gasteiger partial charge is 0.341 e. The van der Waals surface area contributed by atoms with Crippen molar-refractivity contribution in [1.29, 1.82) is 0 Å². The Bertz CT molecular complexity index is 2280. The van der Waals surface area contributed by atoms with E-state index < -0.39 is 11.9 Å². The molecule has 2 aliphatic rings. The van der Waals surface area contributed by atoms with Crippen molar-refractivity contribution in [3.8, 4) is 23.0 Å². The Morgan fingerprint density at radius 3 is 1.43 bits per heavy atom. The van der Waals surface area contributed by atoms with Gasteiger partial charge in [0, 0.05) is 45.8 Å². The first kappa shape index (κ1) is 45.2. The summed E-state index contributed by atoms with van der Waals surface area (Å²) in [7, 11) is 0. The van der Waals surface area contributed by atoms with E-state index >= 15 is 0 Å². The number of para-hydroxylation sites is 2. The number of ether oxygens (including phenoxy) is 4. The van der Waals surface area contributed by atoms with Gasteiger partial charge in [0.2, 0.25) is 0 Å². The fourth-order valence-corrected chi connectivity index (χ4v) is 10.8. The third-order valence-corrected chi connectivity index (χ3v) is 14.0. The second kappa shape index (κ2) is 22.5. The highest BCUT2D eigenvalue weighted by Crippen LogP contribution is 2.45. The molecule has 10 heteroatoms. The van der Waals surface area contributed by atoms with E-state index in [1.165, 1.54) is 22.3 Å². The summed E-state index contributed by atoms with van der Waals surface area (Å²) in [5.41, 5.74) is 7.51. The highest BCUT2D eigenvalue weighted by molar-refractivity contribution is 7.99. The molecule has 0 saturated carbocycles. The molecule has 6 aromatic rings. The van der Waals surface area contributed by atoms with Crippen LogP contribution in [-0.4, -0.2) is 71.6 Å². The molecule has 2 aliphatic heterocycles. The van der Waals surface area contributed by atoms with Gasteiger partial charge >= 0.3 is 11.9 Å². The lowest BCUT2D eigenvalue weighted by Crippen LogP contribution is -2.27. The topological polar surface area (TPSA) is 112 Å². The van der Waals surface area contributed by atoms with Gasteiger partial charge in [-0.25, -0.2) is 9.59 Å². The van der Waals surface area contributed by atoms with Gasteiger partial charge in [-0.15, -0.1) is 0 Å². The van der Waals surface area contributed by atoms with Gasteiger partial charge in [-0.05, 0) is 58.7 Å². The Morgan fingerprint density at radius 1 is 0.587 bits per heavy atom. The van der Waals surface area contributed by atoms with Crippen LogP contribution in [0.25, 0.3) is 0 Å². The lowest BCUT2D eigenvalue weighted by molar-refractivity contribution is -0.140. The van der Waals surface area contributed by atoms with Crippen LogP contribution in [0.5, 0.6) is 23.0 Å². The average Bonchev–Trinajstić information content (AvgIpc) is 3.95. The molecule has 0 saturated heterocycles. The highest BCUT2D eigenvalue weighted by atomic mass is 32.2. The minimum absolute atomic E-state index is 0.0604. The van der Waals surface area contributed by atoms with Crippen LogP contribution in [0.15, 0.2) is 158 Å². The van der Waals surface area contributed by atoms with E-state index in [2.05, 4.69) is 140 Å². The van der Waals surface area contributed by atoms with Crippen LogP contribution in [0, 0.1) is 0 Å². The van der Waals surface area contributed by atoms with Crippen molar-refractivity contribution >= 4 is 35.5 Å². The number of hydrogen-bond donors (Lipinski definition) is 2. The number of aliphatic carboxylic acids is 2. The number of carboxylic acids is 2. The van der Waals surface area contributed by atoms with E-state index in [9.17, 15) is 9.59 Å². The normalized spacial score (nSPS) is 15.0. The highest BCUT2D eigenvalue weighted by Gasteiger charge is 2.31. The van der Waals surface area contributed by atoms with Crippen molar-refractivity contribution in [2.75, 3.05) is 49.4 Å². The summed E-state index contributed by atoms with van der Waals surface area (Å²) in [4.78, 5) is 21.6. The fourth-order valence-electron chi connectivity index (χ4n) is 8.18. The third kappa shape index (κ3) is 12.0. The average molecular weight is 883 g/mol. The van der Waals surface area contributed by atoms with Crippen LogP contribution in [0.4, 0.5) is 0 Å². The van der Waals surface area contributed by atoms with Crippen LogP contribution < -0.4 is 18.9 Å². The molecule has 2 heterocycles. The molecule has 63 heavy (non-hydrogen) atoms. The molecule has 2 unspecified atom stereocenters. The van der Waals surface area contributed by atoms with E-state index in [0.29, 0.717) is 54.0 Å². The number of fused-ring (bicyclic) bond motifs is 2. The monoisotopic (exact) mass is 882 g/mol. The number of benzene rings is 6. The number of carbonyl (C=O) groups is 2. The summed E-state index contributed by atoms with van der Waals surface area (Å²) in [6.45, 7) is 2.82. The van der Waals surface area contributed by atoms with Crippen molar-refractivity contribution in [2.24, 2.45) is 0 Å². The van der Waals surface area contributed by atoms with Crippen LogP contribution in [0.1, 0.15) is 70.9 Å². The summed E-state index contributed by atoms with van der Waals surface area (Å²) in [6.07, 6.45) is 2.01. The zero-order valence-corrected chi connectivity index (χ0v) is 37.1. The molecule has 0 radical (unpaired) electrons. The molecule has 0 spiro atoms. The number of thioether (sulfide) groups is 2. The van der Waals surface area contributed by atoms with E-state index in [4.69, 9.17) is 29.2 Å². The molecule has 8 rings (SSSR count). The standard InChI is InChI=1S/C27H28O4S.C26H26O4S/c1-27(21-9-4-2-5-10-21,22-11-6-3-7-12-22)19-32-16-15-20-17-31-26-23(20)13-8-14-24(26)30-18-25(28)29;27-25(28)17-29-24-13-7-12-22-21(16-30-26(22)24)14-15-31-18-23(19-8-3-1-4-9-19)20-10-5-2-6-11-20/h2-14,20H,15-19H2,1H3,(H,28,29);1-13,21,23H,14-18H2,(H,27,28). The first-order valence-electron chi connectivity index (χ1n) is 21.4. The van der Waals surface area contributed by atoms with Crippen LogP contribution >= 0.6 is 23.5 Å². The fraction of sp³-hybridized carbons (Fsp3) is 0.283. The summed E-state index contributed by atoms with van der Waals surface area (Å²) in [5, 5.41) is 17.7. The molecule has 0 amide bonds. The number of hydrogen-bond acceptors (Lipinski definition) is 8. The molecule has 6 aromatic carbocycles. The van der Waals surface area contributed by atoms with E-state index in [0.717, 1.165) is 47.0 Å². The van der Waals surface area contributed by atoms with Crippen molar-refractivity contribution in [1.82, 2.24) is 0 Å². The quantitative estimate of drug-likeness (QED) is 0.0719. The molecule has 326 valence electrons. The number of carboxylic acid groups (broad SMARTS) is 2. The third-order valence-electron chi connectivity index (χ3n) is 11.6. The zero-order valence-electron chi connectivity index (χ0n) is 35.5. The maximum atomic E-state index is 10.8. The van der Waals surface area contributed by atoms with Gasteiger partial charge in [-0.1, -0.05) is 153 Å². The largest absolute Gasteiger partial charge is 0.489 e. The molecule has 2 atom stereocenters. The molecule has 2 N–H and O–H groups in total. The van der Waals surface area contributed by atoms with E-state index in [1.807, 2.05) is 35.7 Å². The van der Waals surface area contributed by atoms with Gasteiger partial charge in [0.15, 0.2) is 36.2 Å². The van der Waals surface area contributed by atoms with Gasteiger partial charge < -0.3 is 29.2 Å². The first-order valence-corrected chi connectivity index (χ1v) is 23.7. The zero-order chi connectivity index (χ0) is 43.9. The summed E-state index contributed by atoms with van der Waals surface area (Å²) in [5.74, 6) is 5.48. The Balaban J connectivity index is 0.000000189. The van der Waals surface area contributed by atoms with Gasteiger partial charge in [-0.3, -0.25) is 0 Å². The predicted molar refractivity (Wildman–Crippen MR) is 254 cm³/mol. The van der Waals surface area contributed by atoms with Gasteiger partial charge in [0.05, 0.1) is 13.2 Å². The molecule has 0 aromatic heterocycles. The lowest BCUT2D eigenvalue weighted by Gasteiger charge is -2.31. The second-order valence-corrected chi connectivity index (χ2v) is 18.1. The molecule has 0 bridgehead atoms. The van der Waals surface area contributed by atoms with E-state index in [-0.39, 0.29) is 18.6 Å². The maximum Gasteiger partial charge on any atom is 0.341 e. The van der Waals surface area contributed by atoms with Crippen molar-refractivity contribution in [2.45, 2.75) is 42.9 Å². The predicted octanol–water partition coefficient (Wildman–Crippen LogP) is 11.3. The van der Waals surface area contributed by atoms with Crippen LogP contribution in [0.2, 0.25) is 0 Å². The van der Waals surface area contributed by atoms with Crippen molar-refractivity contribution < 1.29 is 38.7 Å². The minimum atomic E-state index is -0.992. The maximum absolute atomic E-state index is 10.8. The Labute approximate surface area is 379 Å². The van der Waals surface area contributed by atoms with Crippen molar-refractivity contribution in [3.63, 3.8) is 0 Å². The van der Waals surface area contributed by atoms with Crippen LogP contribution in [0.3, 0.4) is 0 Å². The van der Waals surface area contributed by atoms with Crippen LogP contribution in [-0.2, 0) is 15.0 Å². The Morgan fingerprint density at radius 2 is 1.00 bits per heavy atom. The molecular weight excluding hydrogens is 829 g/mol. The van der Waals surface area contributed by atoms with E-state index in [1.54, 1.807) is 12.1 Å². The summed E-state index contributed by atoms with van der Waals surface area (Å²) in [6, 6.07) is 54.3. The SMILES string of the molecule is CC(CSCCC1COc2c(OCC(=O)O)cccc21)(c1ccccc1)c1ccccc1.O=C(O)COc1cccc2c1OCC2CCSCC(c1ccccc1)c1ccccc1. The van der Waals surface area contributed by atoms with Gasteiger partial charge in [0.25, 0.3) is 0 Å². The summed E-state index contributed by atoms with van der Waals surface area (Å²) < 4.78 is 22.5. The minimum Gasteiger partial charge on any atom is -0.489 e. The summed E-state index contributed by atoms with van der Waals surface area (Å²) >= 11 is 3.93. The number of rotatable bonds is 20. The molecule has 0 fully saturated rings. The van der Waals surface area contributed by atoms with Gasteiger partial charge in [-0.2, -0.15) is 23.5 Å².